The molecule has 2 aromatic rings. The van der Waals surface area contributed by atoms with Gasteiger partial charge in [-0.05, 0) is 37.6 Å². The zero-order valence-corrected chi connectivity index (χ0v) is 20.5. The number of amides is 2. The molecule has 11 heteroatoms. The van der Waals surface area contributed by atoms with Gasteiger partial charge in [0, 0.05) is 13.0 Å². The monoisotopic (exact) mass is 497 g/mol. The van der Waals surface area contributed by atoms with Gasteiger partial charge in [-0.2, -0.15) is 5.10 Å². The Bertz CT molecular complexity index is 1170. The smallest absolute Gasteiger partial charge is 0.354 e. The topological polar surface area (TPSA) is 133 Å². The fraction of sp³-hybridized carbons (Fsp3) is 0.320. The lowest BCUT2D eigenvalue weighted by Gasteiger charge is -2.16. The molecule has 2 aromatic carbocycles. The molecule has 1 N–H and O–H groups in total. The molecule has 2 amide bonds. The Balaban J connectivity index is 1.82. The van der Waals surface area contributed by atoms with Crippen LogP contribution in [0.4, 0.5) is 5.69 Å². The molecule has 0 bridgehead atoms. The van der Waals surface area contributed by atoms with E-state index < -0.39 is 11.9 Å². The number of methoxy groups -OCH3 is 3. The molecule has 0 fully saturated rings. The van der Waals surface area contributed by atoms with Crippen molar-refractivity contribution in [2.24, 2.45) is 5.10 Å². The van der Waals surface area contributed by atoms with Crippen molar-refractivity contribution < 1.29 is 38.1 Å². The number of esters is 2. The number of nitrogens with zero attached hydrogens (tertiary/aromatic N) is 2. The maximum absolute atomic E-state index is 12.6. The molecule has 190 valence electrons. The Morgan fingerprint density at radius 1 is 0.972 bits per heavy atom. The minimum atomic E-state index is -0.686. The van der Waals surface area contributed by atoms with Crippen LogP contribution in [0.3, 0.4) is 0 Å². The van der Waals surface area contributed by atoms with E-state index in [2.05, 4.69) is 10.5 Å². The quantitative estimate of drug-likeness (QED) is 0.215. The van der Waals surface area contributed by atoms with Crippen molar-refractivity contribution in [2.45, 2.75) is 19.8 Å². The van der Waals surface area contributed by atoms with Crippen LogP contribution in [0.2, 0.25) is 0 Å². The van der Waals surface area contributed by atoms with Crippen LogP contribution in [-0.4, -0.2) is 68.8 Å². The van der Waals surface area contributed by atoms with E-state index in [1.807, 2.05) is 0 Å². The van der Waals surface area contributed by atoms with E-state index in [9.17, 15) is 19.2 Å². The van der Waals surface area contributed by atoms with Crippen molar-refractivity contribution in [3.8, 4) is 11.5 Å². The normalized spacial score (nSPS) is 12.8. The second-order valence-electron chi connectivity index (χ2n) is 7.52. The summed E-state index contributed by atoms with van der Waals surface area (Å²) < 4.78 is 20.6. The summed E-state index contributed by atoms with van der Waals surface area (Å²) in [6.45, 7) is 1.86. The van der Waals surface area contributed by atoms with E-state index in [0.29, 0.717) is 16.9 Å². The SMILES string of the molecule is CCOC(=O)/C(CCCN1C(=O)c2ccccc2C1=O)=N\Nc1c(C(=O)OC)ccc(OC)c1OC. The average molecular weight is 498 g/mol. The van der Waals surface area contributed by atoms with Crippen LogP contribution in [0.5, 0.6) is 11.5 Å². The van der Waals surface area contributed by atoms with E-state index in [-0.39, 0.29) is 60.5 Å². The van der Waals surface area contributed by atoms with Gasteiger partial charge in [-0.1, -0.05) is 12.1 Å². The van der Waals surface area contributed by atoms with Gasteiger partial charge in [0.1, 0.15) is 11.4 Å². The summed E-state index contributed by atoms with van der Waals surface area (Å²) in [7, 11) is 4.06. The van der Waals surface area contributed by atoms with Gasteiger partial charge in [-0.15, -0.1) is 0 Å². The summed E-state index contributed by atoms with van der Waals surface area (Å²) in [5.41, 5.74) is 3.64. The molecule has 0 saturated carbocycles. The second-order valence-corrected chi connectivity index (χ2v) is 7.52. The number of carbonyl (C=O) groups is 4. The fourth-order valence-corrected chi connectivity index (χ4v) is 3.71. The summed E-state index contributed by atoms with van der Waals surface area (Å²) in [5, 5.41) is 4.18. The van der Waals surface area contributed by atoms with Gasteiger partial charge in [0.05, 0.1) is 44.6 Å². The van der Waals surface area contributed by atoms with Gasteiger partial charge in [-0.3, -0.25) is 19.9 Å². The van der Waals surface area contributed by atoms with Crippen LogP contribution >= 0.6 is 0 Å². The zero-order valence-electron chi connectivity index (χ0n) is 20.5. The minimum absolute atomic E-state index is 0.00542. The minimum Gasteiger partial charge on any atom is -0.493 e. The van der Waals surface area contributed by atoms with Crippen LogP contribution < -0.4 is 14.9 Å². The van der Waals surface area contributed by atoms with Crippen molar-refractivity contribution >= 4 is 35.2 Å². The number of hydrogen-bond acceptors (Lipinski definition) is 10. The first-order valence-corrected chi connectivity index (χ1v) is 11.2. The number of hydrazone groups is 1. The van der Waals surface area contributed by atoms with E-state index in [1.54, 1.807) is 31.2 Å². The third-order valence-corrected chi connectivity index (χ3v) is 5.44. The van der Waals surface area contributed by atoms with E-state index in [0.717, 1.165) is 4.90 Å². The van der Waals surface area contributed by atoms with Crippen molar-refractivity contribution in [2.75, 3.05) is 39.9 Å². The first-order valence-electron chi connectivity index (χ1n) is 11.2. The van der Waals surface area contributed by atoms with E-state index in [1.165, 1.54) is 33.5 Å². The Kier molecular flexibility index (Phi) is 8.61. The Morgan fingerprint density at radius 2 is 1.64 bits per heavy atom. The highest BCUT2D eigenvalue weighted by molar-refractivity contribution is 6.36. The Labute approximate surface area is 208 Å². The maximum atomic E-state index is 12.6. The van der Waals surface area contributed by atoms with Gasteiger partial charge < -0.3 is 18.9 Å². The highest BCUT2D eigenvalue weighted by atomic mass is 16.5. The molecule has 0 atom stereocenters. The number of anilines is 1. The molecule has 36 heavy (non-hydrogen) atoms. The summed E-state index contributed by atoms with van der Waals surface area (Å²) in [6, 6.07) is 9.60. The van der Waals surface area contributed by atoms with Crippen molar-refractivity contribution in [1.82, 2.24) is 4.90 Å². The van der Waals surface area contributed by atoms with Gasteiger partial charge in [-0.25, -0.2) is 9.59 Å². The number of fused-ring (bicyclic) bond motifs is 1. The lowest BCUT2D eigenvalue weighted by molar-refractivity contribution is -0.135. The lowest BCUT2D eigenvalue weighted by atomic mass is 10.1. The van der Waals surface area contributed by atoms with Crippen LogP contribution in [0.15, 0.2) is 41.5 Å². The van der Waals surface area contributed by atoms with Gasteiger partial charge in [0.25, 0.3) is 11.8 Å². The summed E-state index contributed by atoms with van der Waals surface area (Å²) in [4.78, 5) is 51.2. The predicted octanol–water partition coefficient (Wildman–Crippen LogP) is 2.90. The molecule has 0 saturated heterocycles. The number of carbonyl (C=O) groups excluding carboxylic acids is 4. The molecule has 0 aliphatic carbocycles. The molecular formula is C25H27N3O8. The zero-order chi connectivity index (χ0) is 26.2. The predicted molar refractivity (Wildman–Crippen MR) is 130 cm³/mol. The molecule has 0 radical (unpaired) electrons. The third-order valence-electron chi connectivity index (χ3n) is 5.44. The molecule has 11 nitrogen and oxygen atoms in total. The molecule has 0 aromatic heterocycles. The number of rotatable bonds is 11. The molecule has 1 aliphatic rings. The highest BCUT2D eigenvalue weighted by Gasteiger charge is 2.34. The van der Waals surface area contributed by atoms with Crippen LogP contribution in [0.1, 0.15) is 50.8 Å². The van der Waals surface area contributed by atoms with E-state index in [4.69, 9.17) is 18.9 Å². The van der Waals surface area contributed by atoms with E-state index >= 15 is 0 Å². The molecule has 0 unspecified atom stereocenters. The molecule has 0 spiro atoms. The summed E-state index contributed by atoms with van der Waals surface area (Å²) in [5.74, 6) is -1.60. The standard InChI is InChI=1S/C25H27N3O8/c1-5-36-25(32)18(11-8-14-28-22(29)15-9-6-7-10-16(15)23(28)30)26-27-20-17(24(31)35-4)12-13-19(33-2)21(20)34-3/h6-7,9-10,12-13,27H,5,8,11,14H2,1-4H3/b26-18-. The Hall–Kier alpha value is -4.41. The number of hydrogen-bond donors (Lipinski definition) is 1. The molecule has 1 heterocycles. The first-order chi connectivity index (χ1) is 17.4. The Morgan fingerprint density at radius 3 is 2.19 bits per heavy atom. The highest BCUT2D eigenvalue weighted by Crippen LogP contribution is 2.38. The number of nitrogens with one attached hydrogen (secondary N) is 1. The van der Waals surface area contributed by atoms with Gasteiger partial charge in [0.15, 0.2) is 11.5 Å². The van der Waals surface area contributed by atoms with Gasteiger partial charge in [0.2, 0.25) is 0 Å². The maximum Gasteiger partial charge on any atom is 0.354 e. The van der Waals surface area contributed by atoms with Crippen LogP contribution in [0.25, 0.3) is 0 Å². The third kappa shape index (κ3) is 5.29. The van der Waals surface area contributed by atoms with Gasteiger partial charge >= 0.3 is 11.9 Å². The second kappa shape index (κ2) is 11.8. The largest absolute Gasteiger partial charge is 0.493 e. The number of benzene rings is 2. The van der Waals surface area contributed by atoms with Crippen molar-refractivity contribution in [3.63, 3.8) is 0 Å². The summed E-state index contributed by atoms with van der Waals surface area (Å²) >= 11 is 0. The lowest BCUT2D eigenvalue weighted by Crippen LogP contribution is -2.31. The van der Waals surface area contributed by atoms with Crippen LogP contribution in [-0.2, 0) is 14.3 Å². The molecule has 3 rings (SSSR count). The first kappa shape index (κ1) is 26.2. The average Bonchev–Trinajstić information content (AvgIpc) is 3.14. The fourth-order valence-electron chi connectivity index (χ4n) is 3.71. The molecular weight excluding hydrogens is 470 g/mol. The van der Waals surface area contributed by atoms with Crippen molar-refractivity contribution in [1.29, 1.82) is 0 Å². The van der Waals surface area contributed by atoms with Crippen molar-refractivity contribution in [3.05, 3.63) is 53.1 Å². The summed E-state index contributed by atoms with van der Waals surface area (Å²) in [6.07, 6.45) is 0.336. The van der Waals surface area contributed by atoms with Crippen LogP contribution in [0, 0.1) is 0 Å². The number of imide groups is 1. The number of ether oxygens (including phenoxy) is 4. The molecule has 1 aliphatic heterocycles.